The molecule has 92 valence electrons. The molecule has 0 N–H and O–H groups in total. The molecule has 3 rings (SSSR count). The molecule has 0 aromatic carbocycles. The Morgan fingerprint density at radius 3 is 3.17 bits per heavy atom. The van der Waals surface area contributed by atoms with Crippen LogP contribution in [0.4, 0.5) is 0 Å². The van der Waals surface area contributed by atoms with E-state index in [0.29, 0.717) is 17.3 Å². The zero-order valence-corrected chi connectivity index (χ0v) is 10.7. The Kier molecular flexibility index (Phi) is 2.65. The van der Waals surface area contributed by atoms with Crippen LogP contribution in [-0.4, -0.2) is 16.7 Å². The van der Waals surface area contributed by atoms with E-state index in [4.69, 9.17) is 14.5 Å². The Labute approximate surface area is 108 Å². The molecule has 5 nitrogen and oxygen atoms in total. The third-order valence-corrected chi connectivity index (χ3v) is 4.00. The molecule has 2 aromatic heterocycles. The van der Waals surface area contributed by atoms with Crippen molar-refractivity contribution < 1.29 is 9.26 Å². The largest absolute Gasteiger partial charge is 0.367 e. The lowest BCUT2D eigenvalue weighted by atomic mass is 10.0. The van der Waals surface area contributed by atoms with Crippen LogP contribution in [-0.2, 0) is 10.3 Å². The quantitative estimate of drug-likeness (QED) is 0.831. The lowest BCUT2D eigenvalue weighted by molar-refractivity contribution is 0.00768. The van der Waals surface area contributed by atoms with Crippen LogP contribution in [0.25, 0.3) is 10.8 Å². The fourth-order valence-corrected chi connectivity index (χ4v) is 2.81. The summed E-state index contributed by atoms with van der Waals surface area (Å²) >= 11 is 1.42. The highest BCUT2D eigenvalue weighted by atomic mass is 32.1. The molecule has 2 aromatic rings. The molecule has 0 bridgehead atoms. The second kappa shape index (κ2) is 4.19. The van der Waals surface area contributed by atoms with Gasteiger partial charge < -0.3 is 9.26 Å². The molecular weight excluding hydrogens is 250 g/mol. The predicted octanol–water partition coefficient (Wildman–Crippen LogP) is 2.70. The van der Waals surface area contributed by atoms with E-state index < -0.39 is 5.60 Å². The Hall–Kier alpha value is -1.71. The lowest BCUT2D eigenvalue weighted by Crippen LogP contribution is -2.21. The molecular formula is C12H11N3O2S. The van der Waals surface area contributed by atoms with Gasteiger partial charge in [-0.25, -0.2) is 0 Å². The van der Waals surface area contributed by atoms with Crippen molar-refractivity contribution >= 4 is 11.3 Å². The van der Waals surface area contributed by atoms with Crippen LogP contribution in [0.1, 0.15) is 31.2 Å². The van der Waals surface area contributed by atoms with E-state index in [-0.39, 0.29) is 0 Å². The van der Waals surface area contributed by atoms with Crippen LogP contribution in [0, 0.1) is 11.3 Å². The average molecular weight is 261 g/mol. The molecule has 0 amide bonds. The summed E-state index contributed by atoms with van der Waals surface area (Å²) in [4.78, 5) is 5.09. The minimum atomic E-state index is -0.453. The van der Waals surface area contributed by atoms with E-state index in [0.717, 1.165) is 24.3 Å². The molecule has 1 atom stereocenters. The lowest BCUT2D eigenvalue weighted by Gasteiger charge is -2.17. The van der Waals surface area contributed by atoms with E-state index in [9.17, 15) is 0 Å². The van der Waals surface area contributed by atoms with Crippen LogP contribution >= 0.6 is 11.3 Å². The molecule has 1 saturated heterocycles. The highest BCUT2D eigenvalue weighted by Crippen LogP contribution is 2.35. The third kappa shape index (κ3) is 1.72. The molecule has 0 spiro atoms. The van der Waals surface area contributed by atoms with Crippen LogP contribution in [0.3, 0.4) is 0 Å². The van der Waals surface area contributed by atoms with Crippen molar-refractivity contribution in [1.29, 1.82) is 5.26 Å². The smallest absolute Gasteiger partial charge is 0.269 e. The standard InChI is InChI=1S/C12H11N3O2S/c1-12(4-2-5-16-12)11-14-10(17-15-11)9-8(7-13)3-6-18-9/h3,6H,2,4-5H2,1H3. The highest BCUT2D eigenvalue weighted by Gasteiger charge is 2.37. The first kappa shape index (κ1) is 11.4. The summed E-state index contributed by atoms with van der Waals surface area (Å²) in [5.41, 5.74) is 0.110. The summed E-state index contributed by atoms with van der Waals surface area (Å²) < 4.78 is 10.9. The topological polar surface area (TPSA) is 71.9 Å². The molecule has 0 saturated carbocycles. The van der Waals surface area contributed by atoms with Gasteiger partial charge in [0, 0.05) is 6.61 Å². The molecule has 1 fully saturated rings. The molecule has 0 radical (unpaired) electrons. The molecule has 1 aliphatic rings. The second-order valence-electron chi connectivity index (χ2n) is 4.38. The number of aromatic nitrogens is 2. The van der Waals surface area contributed by atoms with E-state index in [1.165, 1.54) is 11.3 Å². The first-order chi connectivity index (χ1) is 8.73. The first-order valence-electron chi connectivity index (χ1n) is 5.69. The number of hydrogen-bond donors (Lipinski definition) is 0. The van der Waals surface area contributed by atoms with Crippen LogP contribution in [0.15, 0.2) is 16.0 Å². The normalized spacial score (nSPS) is 23.1. The van der Waals surface area contributed by atoms with E-state index in [1.807, 2.05) is 12.3 Å². The molecule has 6 heteroatoms. The van der Waals surface area contributed by atoms with Gasteiger partial charge >= 0.3 is 0 Å². The predicted molar refractivity (Wildman–Crippen MR) is 64.9 cm³/mol. The van der Waals surface area contributed by atoms with Gasteiger partial charge in [0.1, 0.15) is 16.5 Å². The van der Waals surface area contributed by atoms with Crippen LogP contribution in [0.5, 0.6) is 0 Å². The molecule has 0 aliphatic carbocycles. The average Bonchev–Trinajstić information content (AvgIpc) is 3.08. The van der Waals surface area contributed by atoms with Gasteiger partial charge in [-0.1, -0.05) is 5.16 Å². The summed E-state index contributed by atoms with van der Waals surface area (Å²) in [5.74, 6) is 0.959. The van der Waals surface area contributed by atoms with Gasteiger partial charge in [-0.3, -0.25) is 0 Å². The SMILES string of the molecule is CC1(c2noc(-c3sccc3C#N)n2)CCCO1. The maximum absolute atomic E-state index is 8.98. The monoisotopic (exact) mass is 261 g/mol. The van der Waals surface area contributed by atoms with Gasteiger partial charge in [0.15, 0.2) is 0 Å². The van der Waals surface area contributed by atoms with Crippen LogP contribution < -0.4 is 0 Å². The molecule has 1 aliphatic heterocycles. The van der Waals surface area contributed by atoms with E-state index >= 15 is 0 Å². The summed E-state index contributed by atoms with van der Waals surface area (Å²) in [5, 5.41) is 14.8. The Balaban J connectivity index is 1.97. The van der Waals surface area contributed by atoms with Gasteiger partial charge in [0.05, 0.1) is 5.56 Å². The molecule has 18 heavy (non-hydrogen) atoms. The number of rotatable bonds is 2. The minimum absolute atomic E-state index is 0.397. The maximum atomic E-state index is 8.98. The van der Waals surface area contributed by atoms with Crippen molar-refractivity contribution in [2.45, 2.75) is 25.4 Å². The van der Waals surface area contributed by atoms with Crippen molar-refractivity contribution in [1.82, 2.24) is 10.1 Å². The van der Waals surface area contributed by atoms with Crippen molar-refractivity contribution in [2.75, 3.05) is 6.61 Å². The van der Waals surface area contributed by atoms with Gasteiger partial charge in [-0.15, -0.1) is 11.3 Å². The zero-order valence-electron chi connectivity index (χ0n) is 9.84. The van der Waals surface area contributed by atoms with Crippen molar-refractivity contribution in [3.8, 4) is 16.8 Å². The van der Waals surface area contributed by atoms with Gasteiger partial charge in [-0.2, -0.15) is 10.2 Å². The van der Waals surface area contributed by atoms with Crippen molar-refractivity contribution in [2.24, 2.45) is 0 Å². The summed E-state index contributed by atoms with van der Waals surface area (Å²) in [6, 6.07) is 3.86. The summed E-state index contributed by atoms with van der Waals surface area (Å²) in [7, 11) is 0. The number of thiophene rings is 1. The number of ether oxygens (including phenoxy) is 1. The summed E-state index contributed by atoms with van der Waals surface area (Å²) in [6.07, 6.45) is 1.89. The fraction of sp³-hybridized carbons (Fsp3) is 0.417. The molecule has 1 unspecified atom stereocenters. The number of nitrogens with zero attached hydrogens (tertiary/aromatic N) is 3. The van der Waals surface area contributed by atoms with Crippen molar-refractivity contribution in [3.05, 3.63) is 22.8 Å². The van der Waals surface area contributed by atoms with Gasteiger partial charge in [0.25, 0.3) is 5.89 Å². The zero-order chi connectivity index (χ0) is 12.6. The van der Waals surface area contributed by atoms with Gasteiger partial charge in [-0.05, 0) is 31.2 Å². The fourth-order valence-electron chi connectivity index (χ4n) is 2.05. The van der Waals surface area contributed by atoms with E-state index in [2.05, 4.69) is 16.2 Å². The van der Waals surface area contributed by atoms with Crippen LogP contribution in [0.2, 0.25) is 0 Å². The van der Waals surface area contributed by atoms with E-state index in [1.54, 1.807) is 6.07 Å². The summed E-state index contributed by atoms with van der Waals surface area (Å²) in [6.45, 7) is 2.69. The first-order valence-corrected chi connectivity index (χ1v) is 6.57. The van der Waals surface area contributed by atoms with Gasteiger partial charge in [0.2, 0.25) is 5.82 Å². The third-order valence-electron chi connectivity index (χ3n) is 3.10. The maximum Gasteiger partial charge on any atom is 0.269 e. The highest BCUT2D eigenvalue weighted by molar-refractivity contribution is 7.13. The number of nitriles is 1. The minimum Gasteiger partial charge on any atom is -0.367 e. The Morgan fingerprint density at radius 2 is 2.44 bits per heavy atom. The van der Waals surface area contributed by atoms with Crippen molar-refractivity contribution in [3.63, 3.8) is 0 Å². The Morgan fingerprint density at radius 1 is 1.56 bits per heavy atom. The molecule has 3 heterocycles. The Bertz CT molecular complexity index is 605. The number of hydrogen-bond acceptors (Lipinski definition) is 6. The second-order valence-corrected chi connectivity index (χ2v) is 5.30.